The number of pyridine rings is 1. The lowest BCUT2D eigenvalue weighted by molar-refractivity contribution is 0.197. The predicted octanol–water partition coefficient (Wildman–Crippen LogP) is 3.27. The maximum atomic E-state index is 11.3. The molecule has 3 nitrogen and oxygen atoms in total. The van der Waals surface area contributed by atoms with Crippen LogP contribution >= 0.6 is 0 Å². The Labute approximate surface area is 91.9 Å². The molecule has 0 amide bonds. The van der Waals surface area contributed by atoms with Gasteiger partial charge in [-0.05, 0) is 29.1 Å². The molecule has 3 heteroatoms. The van der Waals surface area contributed by atoms with E-state index in [2.05, 4.69) is 0 Å². The zero-order valence-corrected chi connectivity index (χ0v) is 8.42. The van der Waals surface area contributed by atoms with E-state index in [1.54, 1.807) is 0 Å². The normalized spacial score (nSPS) is 11.0. The zero-order chi connectivity index (χ0) is 11.1. The van der Waals surface area contributed by atoms with Crippen molar-refractivity contribution in [1.82, 2.24) is 4.57 Å². The smallest absolute Gasteiger partial charge is 0.416 e. The summed E-state index contributed by atoms with van der Waals surface area (Å²) in [6.45, 7) is 0. The first-order chi connectivity index (χ1) is 7.77. The summed E-state index contributed by atoms with van der Waals surface area (Å²) in [5.41, 5.74) is 2.39. The van der Waals surface area contributed by atoms with Crippen molar-refractivity contribution in [2.24, 2.45) is 0 Å². The molecule has 0 bridgehead atoms. The minimum Gasteiger partial charge on any atom is -0.464 e. The molecule has 0 radical (unpaired) electrons. The Morgan fingerprint density at radius 1 is 1.06 bits per heavy atom. The highest BCUT2D eigenvalue weighted by Gasteiger charge is 2.14. The topological polar surface area (TPSA) is 42.2 Å². The molecule has 1 heterocycles. The van der Waals surface area contributed by atoms with Gasteiger partial charge < -0.3 is 5.11 Å². The van der Waals surface area contributed by atoms with Gasteiger partial charge in [0.15, 0.2) is 0 Å². The fraction of sp³-hybridized carbons (Fsp3) is 0. The standard InChI is InChI=1S/C13H9NO2/c15-13(16)14-11-6-2-1-4-9(11)8-10-5-3-7-12(10)14/h1-8H,(H,15,16). The summed E-state index contributed by atoms with van der Waals surface area (Å²) in [7, 11) is 0. The highest BCUT2D eigenvalue weighted by Crippen LogP contribution is 2.28. The molecule has 0 spiro atoms. The van der Waals surface area contributed by atoms with E-state index >= 15 is 0 Å². The van der Waals surface area contributed by atoms with Crippen LogP contribution in [0.3, 0.4) is 0 Å². The molecule has 1 N–H and O–H groups in total. The van der Waals surface area contributed by atoms with Crippen LogP contribution in [-0.4, -0.2) is 15.8 Å². The summed E-state index contributed by atoms with van der Waals surface area (Å²) in [6, 6.07) is 15.1. The summed E-state index contributed by atoms with van der Waals surface area (Å²) in [5.74, 6) is 0. The Hall–Kier alpha value is -2.29. The van der Waals surface area contributed by atoms with Gasteiger partial charge in [0, 0.05) is 0 Å². The van der Waals surface area contributed by atoms with Gasteiger partial charge in [0.25, 0.3) is 0 Å². The van der Waals surface area contributed by atoms with Gasteiger partial charge >= 0.3 is 6.09 Å². The van der Waals surface area contributed by atoms with E-state index in [9.17, 15) is 9.90 Å². The van der Waals surface area contributed by atoms with Crippen molar-refractivity contribution < 1.29 is 9.90 Å². The third-order valence-electron chi connectivity index (χ3n) is 2.75. The van der Waals surface area contributed by atoms with Gasteiger partial charge in [-0.1, -0.05) is 30.3 Å². The molecule has 78 valence electrons. The van der Waals surface area contributed by atoms with Crippen LogP contribution in [0.15, 0.2) is 48.5 Å². The fourth-order valence-electron chi connectivity index (χ4n) is 2.07. The molecule has 0 unspecified atom stereocenters. The number of aromatic nitrogens is 1. The number of para-hydroxylation sites is 1. The zero-order valence-electron chi connectivity index (χ0n) is 8.42. The third-order valence-corrected chi connectivity index (χ3v) is 2.75. The molecule has 1 aromatic rings. The molecule has 16 heavy (non-hydrogen) atoms. The number of hydrogen-bond acceptors (Lipinski definition) is 1. The summed E-state index contributed by atoms with van der Waals surface area (Å²) in [5, 5.41) is 10.2. The van der Waals surface area contributed by atoms with Crippen LogP contribution in [0.2, 0.25) is 0 Å². The molecule has 0 saturated carbocycles. The van der Waals surface area contributed by atoms with Crippen LogP contribution in [0.1, 0.15) is 0 Å². The van der Waals surface area contributed by atoms with Crippen molar-refractivity contribution in [2.75, 3.05) is 0 Å². The fourth-order valence-corrected chi connectivity index (χ4v) is 2.07. The van der Waals surface area contributed by atoms with Gasteiger partial charge in [0.1, 0.15) is 0 Å². The van der Waals surface area contributed by atoms with Gasteiger partial charge in [-0.3, -0.25) is 0 Å². The van der Waals surface area contributed by atoms with Crippen molar-refractivity contribution in [3.8, 4) is 11.3 Å². The van der Waals surface area contributed by atoms with Crippen LogP contribution in [-0.2, 0) is 0 Å². The molecule has 0 aromatic heterocycles. The second-order valence-corrected chi connectivity index (χ2v) is 3.69. The Kier molecular flexibility index (Phi) is 1.74. The van der Waals surface area contributed by atoms with E-state index in [-0.39, 0.29) is 0 Å². The van der Waals surface area contributed by atoms with Crippen molar-refractivity contribution >= 4 is 17.0 Å². The average molecular weight is 211 g/mol. The summed E-state index contributed by atoms with van der Waals surface area (Å²) in [6.07, 6.45) is -0.951. The Balaban J connectivity index is 2.56. The van der Waals surface area contributed by atoms with Gasteiger partial charge in [-0.15, -0.1) is 0 Å². The minimum atomic E-state index is -0.951. The van der Waals surface area contributed by atoms with Crippen LogP contribution in [0.25, 0.3) is 22.2 Å². The Morgan fingerprint density at radius 2 is 1.88 bits per heavy atom. The van der Waals surface area contributed by atoms with Crippen molar-refractivity contribution in [3.05, 3.63) is 48.5 Å². The van der Waals surface area contributed by atoms with E-state index in [4.69, 9.17) is 0 Å². The molecule has 3 rings (SSSR count). The second kappa shape index (κ2) is 3.10. The maximum Gasteiger partial charge on any atom is 0.416 e. The highest BCUT2D eigenvalue weighted by atomic mass is 16.4. The average Bonchev–Trinajstić information content (AvgIpc) is 2.72. The summed E-state index contributed by atoms with van der Waals surface area (Å²) >= 11 is 0. The van der Waals surface area contributed by atoms with Crippen LogP contribution in [0, 0.1) is 0 Å². The monoisotopic (exact) mass is 211 g/mol. The SMILES string of the molecule is O=C(O)n1c2cccc-2cc2ccccc21. The highest BCUT2D eigenvalue weighted by molar-refractivity contribution is 5.94. The van der Waals surface area contributed by atoms with E-state index in [0.717, 1.165) is 16.6 Å². The summed E-state index contributed by atoms with van der Waals surface area (Å²) in [4.78, 5) is 11.3. The van der Waals surface area contributed by atoms with E-state index in [0.29, 0.717) is 5.52 Å². The Bertz CT molecular complexity index is 654. The molecule has 1 aliphatic heterocycles. The molecular formula is C13H9NO2. The van der Waals surface area contributed by atoms with E-state index in [1.165, 1.54) is 4.57 Å². The van der Waals surface area contributed by atoms with E-state index < -0.39 is 6.09 Å². The molecule has 1 aliphatic carbocycles. The number of carbonyl (C=O) groups is 1. The maximum absolute atomic E-state index is 11.3. The lowest BCUT2D eigenvalue weighted by Crippen LogP contribution is -2.12. The van der Waals surface area contributed by atoms with Crippen LogP contribution < -0.4 is 0 Å². The van der Waals surface area contributed by atoms with Crippen molar-refractivity contribution in [2.45, 2.75) is 0 Å². The first kappa shape index (κ1) is 8.97. The summed E-state index contributed by atoms with van der Waals surface area (Å²) < 4.78 is 1.32. The molecule has 0 atom stereocenters. The Morgan fingerprint density at radius 3 is 2.69 bits per heavy atom. The number of carboxylic acid groups (broad SMARTS) is 1. The second-order valence-electron chi connectivity index (χ2n) is 3.69. The van der Waals surface area contributed by atoms with Gasteiger partial charge in [0.2, 0.25) is 0 Å². The third kappa shape index (κ3) is 1.11. The minimum absolute atomic E-state index is 0.716. The number of hydrogen-bond donors (Lipinski definition) is 1. The molecular weight excluding hydrogens is 202 g/mol. The lowest BCUT2D eigenvalue weighted by atomic mass is 10.1. The van der Waals surface area contributed by atoms with Crippen LogP contribution in [0.4, 0.5) is 4.79 Å². The predicted molar refractivity (Wildman–Crippen MR) is 62.0 cm³/mol. The first-order valence-electron chi connectivity index (χ1n) is 5.00. The first-order valence-corrected chi connectivity index (χ1v) is 5.00. The van der Waals surface area contributed by atoms with Gasteiger partial charge in [-0.25, -0.2) is 9.36 Å². The molecule has 1 aromatic carbocycles. The molecule has 0 fully saturated rings. The number of fused-ring (bicyclic) bond motifs is 2. The van der Waals surface area contributed by atoms with E-state index in [1.807, 2.05) is 48.5 Å². The lowest BCUT2D eigenvalue weighted by Gasteiger charge is -2.12. The quantitative estimate of drug-likeness (QED) is 0.620. The number of nitrogens with zero attached hydrogens (tertiary/aromatic N) is 1. The van der Waals surface area contributed by atoms with Crippen molar-refractivity contribution in [3.63, 3.8) is 0 Å². The number of benzene rings is 1. The van der Waals surface area contributed by atoms with Crippen molar-refractivity contribution in [1.29, 1.82) is 0 Å². The molecule has 0 saturated heterocycles. The van der Waals surface area contributed by atoms with Gasteiger partial charge in [-0.2, -0.15) is 0 Å². The van der Waals surface area contributed by atoms with Crippen LogP contribution in [0.5, 0.6) is 0 Å². The van der Waals surface area contributed by atoms with Gasteiger partial charge in [0.05, 0.1) is 11.2 Å². The largest absolute Gasteiger partial charge is 0.464 e. The molecule has 2 aliphatic rings. The number of rotatable bonds is 0.